The molecule has 202 valence electrons. The molecule has 3 rings (SSSR count). The van der Waals surface area contributed by atoms with Crippen molar-refractivity contribution in [2.45, 2.75) is 19.0 Å². The van der Waals surface area contributed by atoms with Gasteiger partial charge in [0.2, 0.25) is 21.8 Å². The summed E-state index contributed by atoms with van der Waals surface area (Å²) in [7, 11) is -2.51. The van der Waals surface area contributed by atoms with E-state index in [4.69, 9.17) is 34.8 Å². The summed E-state index contributed by atoms with van der Waals surface area (Å²) in [6.45, 7) is -0.556. The van der Waals surface area contributed by atoms with Gasteiger partial charge in [0.1, 0.15) is 12.6 Å². The van der Waals surface area contributed by atoms with Gasteiger partial charge in [-0.25, -0.2) is 8.42 Å². The number of hydrogen-bond donors (Lipinski definition) is 1. The number of carbonyl (C=O) groups excluding carboxylic acids is 2. The standard InChI is InChI=1S/C26H25BrCl3N3O4S/c1-31-26(35)24(12-17-6-4-3-5-7-17)32(15-18-8-10-19(27)11-9-18)25(34)16-33(38(2,36)37)23-14-21(29)20(28)13-22(23)30/h3-11,13-14,24H,12,15-16H2,1-2H3,(H,31,35)/t24-/m0/s1. The predicted octanol–water partition coefficient (Wildman–Crippen LogP) is 5.56. The van der Waals surface area contributed by atoms with Gasteiger partial charge in [0.05, 0.1) is 27.0 Å². The predicted molar refractivity (Wildman–Crippen MR) is 156 cm³/mol. The molecule has 12 heteroatoms. The Bertz CT molecular complexity index is 1410. The van der Waals surface area contributed by atoms with Crippen LogP contribution in [0.15, 0.2) is 71.2 Å². The number of anilines is 1. The van der Waals surface area contributed by atoms with Crippen molar-refractivity contribution in [3.8, 4) is 0 Å². The van der Waals surface area contributed by atoms with Gasteiger partial charge >= 0.3 is 0 Å². The van der Waals surface area contributed by atoms with Gasteiger partial charge in [0.25, 0.3) is 0 Å². The second-order valence-corrected chi connectivity index (χ2v) is 12.5. The summed E-state index contributed by atoms with van der Waals surface area (Å²) in [6, 6.07) is 18.2. The lowest BCUT2D eigenvalue weighted by molar-refractivity contribution is -0.139. The first-order valence-electron chi connectivity index (χ1n) is 11.3. The van der Waals surface area contributed by atoms with Crippen molar-refractivity contribution in [1.82, 2.24) is 10.2 Å². The van der Waals surface area contributed by atoms with E-state index in [1.54, 1.807) is 0 Å². The lowest BCUT2D eigenvalue weighted by Crippen LogP contribution is -2.52. The van der Waals surface area contributed by atoms with E-state index in [0.29, 0.717) is 0 Å². The monoisotopic (exact) mass is 659 g/mol. The minimum Gasteiger partial charge on any atom is -0.357 e. The first-order chi connectivity index (χ1) is 17.9. The lowest BCUT2D eigenvalue weighted by atomic mass is 10.0. The summed E-state index contributed by atoms with van der Waals surface area (Å²) in [5, 5.41) is 2.85. The van der Waals surface area contributed by atoms with Gasteiger partial charge in [-0.3, -0.25) is 13.9 Å². The Morgan fingerprint density at radius 2 is 1.53 bits per heavy atom. The molecule has 1 atom stereocenters. The molecule has 0 saturated carbocycles. The van der Waals surface area contributed by atoms with Crippen LogP contribution in [0.3, 0.4) is 0 Å². The average Bonchev–Trinajstić information content (AvgIpc) is 2.87. The fraction of sp³-hybridized carbons (Fsp3) is 0.231. The summed E-state index contributed by atoms with van der Waals surface area (Å²) in [4.78, 5) is 28.4. The summed E-state index contributed by atoms with van der Waals surface area (Å²) >= 11 is 21.9. The maximum absolute atomic E-state index is 13.9. The quantitative estimate of drug-likeness (QED) is 0.289. The van der Waals surface area contributed by atoms with Crippen LogP contribution in [0, 0.1) is 0 Å². The van der Waals surface area contributed by atoms with Gasteiger partial charge < -0.3 is 10.2 Å². The van der Waals surface area contributed by atoms with Crippen LogP contribution in [-0.2, 0) is 32.6 Å². The molecule has 0 bridgehead atoms. The van der Waals surface area contributed by atoms with E-state index in [2.05, 4.69) is 21.2 Å². The maximum Gasteiger partial charge on any atom is 0.244 e. The minimum atomic E-state index is -3.99. The molecule has 0 saturated heterocycles. The number of nitrogens with one attached hydrogen (secondary N) is 1. The first-order valence-corrected chi connectivity index (χ1v) is 15.1. The van der Waals surface area contributed by atoms with Crippen molar-refractivity contribution in [2.75, 3.05) is 24.2 Å². The zero-order chi connectivity index (χ0) is 28.0. The molecule has 0 aliphatic carbocycles. The summed E-state index contributed by atoms with van der Waals surface area (Å²) < 4.78 is 27.4. The SMILES string of the molecule is CNC(=O)[C@H](Cc1ccccc1)N(Cc1ccc(Br)cc1)C(=O)CN(c1cc(Cl)c(Cl)cc1Cl)S(C)(=O)=O. The fourth-order valence-corrected chi connectivity index (χ4v) is 5.62. The number of carbonyl (C=O) groups is 2. The number of amides is 2. The van der Waals surface area contributed by atoms with Gasteiger partial charge in [0.15, 0.2) is 0 Å². The van der Waals surface area contributed by atoms with Gasteiger partial charge in [-0.15, -0.1) is 0 Å². The highest BCUT2D eigenvalue weighted by Gasteiger charge is 2.33. The number of sulfonamides is 1. The molecule has 7 nitrogen and oxygen atoms in total. The third-order valence-electron chi connectivity index (χ3n) is 5.72. The Morgan fingerprint density at radius 1 is 0.921 bits per heavy atom. The Labute approximate surface area is 245 Å². The van der Waals surface area contributed by atoms with E-state index in [0.717, 1.165) is 26.2 Å². The molecule has 0 spiro atoms. The van der Waals surface area contributed by atoms with Gasteiger partial charge in [-0.05, 0) is 35.4 Å². The molecular weight excluding hydrogens is 637 g/mol. The highest BCUT2D eigenvalue weighted by molar-refractivity contribution is 9.10. The van der Waals surface area contributed by atoms with E-state index in [-0.39, 0.29) is 33.7 Å². The molecule has 0 aliphatic heterocycles. The number of likely N-dealkylation sites (N-methyl/N-ethyl adjacent to an activating group) is 1. The highest BCUT2D eigenvalue weighted by Crippen LogP contribution is 2.35. The van der Waals surface area contributed by atoms with E-state index in [9.17, 15) is 18.0 Å². The topological polar surface area (TPSA) is 86.8 Å². The van der Waals surface area contributed by atoms with E-state index < -0.39 is 34.4 Å². The highest BCUT2D eigenvalue weighted by atomic mass is 79.9. The Morgan fingerprint density at radius 3 is 2.11 bits per heavy atom. The molecule has 0 aliphatic rings. The first kappa shape index (κ1) is 30.2. The molecule has 0 fully saturated rings. The van der Waals surface area contributed by atoms with Crippen LogP contribution in [0.4, 0.5) is 5.69 Å². The number of benzene rings is 3. The molecule has 3 aromatic rings. The van der Waals surface area contributed by atoms with Crippen molar-refractivity contribution in [3.05, 3.63) is 97.4 Å². The zero-order valence-corrected chi connectivity index (χ0v) is 25.2. The van der Waals surface area contributed by atoms with Crippen molar-refractivity contribution in [2.24, 2.45) is 0 Å². The second kappa shape index (κ2) is 13.2. The Hall–Kier alpha value is -2.30. The molecule has 0 unspecified atom stereocenters. The van der Waals surface area contributed by atoms with Crippen molar-refractivity contribution < 1.29 is 18.0 Å². The molecule has 3 aromatic carbocycles. The van der Waals surface area contributed by atoms with Crippen LogP contribution >= 0.6 is 50.7 Å². The van der Waals surface area contributed by atoms with Crippen LogP contribution in [0.1, 0.15) is 11.1 Å². The number of halogens is 4. The summed E-state index contributed by atoms with van der Waals surface area (Å²) in [6.07, 6.45) is 1.17. The zero-order valence-electron chi connectivity index (χ0n) is 20.5. The van der Waals surface area contributed by atoms with Gasteiger partial charge in [-0.2, -0.15) is 0 Å². The van der Waals surface area contributed by atoms with Crippen molar-refractivity contribution in [3.63, 3.8) is 0 Å². The van der Waals surface area contributed by atoms with E-state index >= 15 is 0 Å². The third kappa shape index (κ3) is 7.86. The fourth-order valence-electron chi connectivity index (χ4n) is 3.81. The smallest absolute Gasteiger partial charge is 0.244 e. The molecular formula is C26H25BrCl3N3O4S. The molecule has 1 N–H and O–H groups in total. The Balaban J connectivity index is 2.06. The van der Waals surface area contributed by atoms with Crippen LogP contribution < -0.4 is 9.62 Å². The van der Waals surface area contributed by atoms with Crippen molar-refractivity contribution >= 4 is 78.3 Å². The number of nitrogens with zero attached hydrogens (tertiary/aromatic N) is 2. The minimum absolute atomic E-state index is 0.0000563. The largest absolute Gasteiger partial charge is 0.357 e. The molecule has 38 heavy (non-hydrogen) atoms. The van der Waals surface area contributed by atoms with Crippen LogP contribution in [0.5, 0.6) is 0 Å². The Kier molecular flexibility index (Phi) is 10.5. The van der Waals surface area contributed by atoms with Crippen LogP contribution in [-0.4, -0.2) is 51.0 Å². The molecule has 2 amide bonds. The van der Waals surface area contributed by atoms with Crippen molar-refractivity contribution in [1.29, 1.82) is 0 Å². The summed E-state index contributed by atoms with van der Waals surface area (Å²) in [5.41, 5.74) is 1.59. The van der Waals surface area contributed by atoms with E-state index in [1.807, 2.05) is 54.6 Å². The summed E-state index contributed by atoms with van der Waals surface area (Å²) in [5.74, 6) is -0.997. The number of hydrogen-bond acceptors (Lipinski definition) is 4. The van der Waals surface area contributed by atoms with Crippen LogP contribution in [0.25, 0.3) is 0 Å². The average molecular weight is 662 g/mol. The number of rotatable bonds is 10. The third-order valence-corrected chi connectivity index (χ3v) is 8.40. The molecule has 0 aromatic heterocycles. The molecule has 0 heterocycles. The normalized spacial score (nSPS) is 12.1. The second-order valence-electron chi connectivity index (χ2n) is 8.46. The molecule has 0 radical (unpaired) electrons. The lowest BCUT2D eigenvalue weighted by Gasteiger charge is -2.33. The maximum atomic E-state index is 13.9. The van der Waals surface area contributed by atoms with Crippen LogP contribution in [0.2, 0.25) is 15.1 Å². The van der Waals surface area contributed by atoms with Gasteiger partial charge in [-0.1, -0.05) is 93.2 Å². The van der Waals surface area contributed by atoms with Gasteiger partial charge in [0, 0.05) is 24.5 Å². The van der Waals surface area contributed by atoms with E-state index in [1.165, 1.54) is 24.1 Å².